The van der Waals surface area contributed by atoms with Crippen molar-refractivity contribution >= 4 is 0 Å². The van der Waals surface area contributed by atoms with E-state index in [0.717, 1.165) is 37.4 Å². The lowest BCUT2D eigenvalue weighted by atomic mass is 9.86. The van der Waals surface area contributed by atoms with E-state index in [1.165, 1.54) is 5.56 Å². The molecule has 0 aliphatic rings. The Labute approximate surface area is 117 Å². The van der Waals surface area contributed by atoms with E-state index >= 15 is 0 Å². The van der Waals surface area contributed by atoms with Gasteiger partial charge in [-0.25, -0.2) is 0 Å². The molecule has 3 heteroatoms. The van der Waals surface area contributed by atoms with E-state index in [2.05, 4.69) is 38.2 Å². The number of benzene rings is 1. The fourth-order valence-electron chi connectivity index (χ4n) is 2.07. The van der Waals surface area contributed by atoms with Crippen molar-refractivity contribution in [2.75, 3.05) is 27.3 Å². The zero-order valence-electron chi connectivity index (χ0n) is 12.9. The summed E-state index contributed by atoms with van der Waals surface area (Å²) in [5, 5.41) is 3.42. The molecule has 0 atom stereocenters. The van der Waals surface area contributed by atoms with Crippen LogP contribution in [-0.4, -0.2) is 27.3 Å². The Morgan fingerprint density at radius 1 is 1.11 bits per heavy atom. The highest BCUT2D eigenvalue weighted by Gasteiger charge is 2.17. The zero-order valence-corrected chi connectivity index (χ0v) is 12.9. The minimum absolute atomic E-state index is 0.309. The Morgan fingerprint density at radius 2 is 1.79 bits per heavy atom. The van der Waals surface area contributed by atoms with Crippen LogP contribution in [0.3, 0.4) is 0 Å². The van der Waals surface area contributed by atoms with E-state index < -0.39 is 0 Å². The first kappa shape index (κ1) is 15.8. The predicted molar refractivity (Wildman–Crippen MR) is 80.2 cm³/mol. The summed E-state index contributed by atoms with van der Waals surface area (Å²) in [4.78, 5) is 0. The second-order valence-electron chi connectivity index (χ2n) is 5.63. The molecule has 0 aromatic heterocycles. The van der Waals surface area contributed by atoms with E-state index in [4.69, 9.17) is 9.47 Å². The lowest BCUT2D eigenvalue weighted by molar-refractivity contribution is 0.317. The average Bonchev–Trinajstić information content (AvgIpc) is 2.42. The van der Waals surface area contributed by atoms with E-state index in [1.807, 2.05) is 6.07 Å². The molecule has 1 rings (SSSR count). The maximum atomic E-state index is 5.34. The maximum absolute atomic E-state index is 5.34. The minimum Gasteiger partial charge on any atom is -0.493 e. The Morgan fingerprint density at radius 3 is 2.37 bits per heavy atom. The first-order valence-electron chi connectivity index (χ1n) is 6.94. The molecule has 0 heterocycles. The summed E-state index contributed by atoms with van der Waals surface area (Å²) in [7, 11) is 3.34. The lowest BCUT2D eigenvalue weighted by Crippen LogP contribution is -2.29. The van der Waals surface area contributed by atoms with Gasteiger partial charge in [-0.15, -0.1) is 0 Å². The summed E-state index contributed by atoms with van der Waals surface area (Å²) in [6.45, 7) is 8.83. The Kier molecular flexibility index (Phi) is 6.16. The van der Waals surface area contributed by atoms with E-state index in [1.54, 1.807) is 14.2 Å². The molecular formula is C16H27NO2. The number of aryl methyl sites for hydroxylation is 1. The van der Waals surface area contributed by atoms with Gasteiger partial charge in [-0.05, 0) is 42.5 Å². The Bertz CT molecular complexity index is 388. The van der Waals surface area contributed by atoms with Crippen molar-refractivity contribution in [1.29, 1.82) is 0 Å². The summed E-state index contributed by atoms with van der Waals surface area (Å²) >= 11 is 0. The van der Waals surface area contributed by atoms with Crippen molar-refractivity contribution < 1.29 is 9.47 Å². The van der Waals surface area contributed by atoms with Crippen molar-refractivity contribution in [3.8, 4) is 11.5 Å². The summed E-state index contributed by atoms with van der Waals surface area (Å²) in [5.74, 6) is 1.60. The molecule has 0 fully saturated rings. The van der Waals surface area contributed by atoms with Crippen LogP contribution < -0.4 is 14.8 Å². The van der Waals surface area contributed by atoms with Gasteiger partial charge in [-0.2, -0.15) is 0 Å². The van der Waals surface area contributed by atoms with Crippen LogP contribution in [0.2, 0.25) is 0 Å². The molecule has 0 radical (unpaired) electrons. The van der Waals surface area contributed by atoms with Crippen molar-refractivity contribution in [1.82, 2.24) is 5.32 Å². The molecule has 1 aromatic carbocycles. The van der Waals surface area contributed by atoms with Gasteiger partial charge in [0.15, 0.2) is 11.5 Å². The van der Waals surface area contributed by atoms with Gasteiger partial charge in [-0.1, -0.05) is 26.8 Å². The fraction of sp³-hybridized carbons (Fsp3) is 0.625. The lowest BCUT2D eigenvalue weighted by Gasteiger charge is -2.25. The molecule has 19 heavy (non-hydrogen) atoms. The largest absolute Gasteiger partial charge is 0.493 e. The summed E-state index contributed by atoms with van der Waals surface area (Å²) in [5.41, 5.74) is 1.60. The number of hydrogen-bond acceptors (Lipinski definition) is 3. The van der Waals surface area contributed by atoms with Crippen LogP contribution in [0.25, 0.3) is 0 Å². The number of rotatable bonds is 8. The van der Waals surface area contributed by atoms with Crippen molar-refractivity contribution in [3.63, 3.8) is 0 Å². The first-order valence-corrected chi connectivity index (χ1v) is 6.94. The molecule has 0 unspecified atom stereocenters. The normalized spacial score (nSPS) is 11.4. The van der Waals surface area contributed by atoms with Crippen molar-refractivity contribution in [2.45, 2.75) is 33.6 Å². The van der Waals surface area contributed by atoms with Gasteiger partial charge < -0.3 is 14.8 Å². The van der Waals surface area contributed by atoms with Crippen molar-refractivity contribution in [3.05, 3.63) is 23.8 Å². The highest BCUT2D eigenvalue weighted by Crippen LogP contribution is 2.29. The molecular weight excluding hydrogens is 238 g/mol. The number of hydrogen-bond donors (Lipinski definition) is 1. The van der Waals surface area contributed by atoms with Gasteiger partial charge in [0.25, 0.3) is 0 Å². The quantitative estimate of drug-likeness (QED) is 0.782. The summed E-state index contributed by atoms with van der Waals surface area (Å²) in [6, 6.07) is 6.16. The van der Waals surface area contributed by atoms with Crippen LogP contribution >= 0.6 is 0 Å². The molecule has 0 aliphatic carbocycles. The Balaban J connectivity index is 2.62. The van der Waals surface area contributed by atoms with Crippen molar-refractivity contribution in [2.24, 2.45) is 5.41 Å². The van der Waals surface area contributed by atoms with Gasteiger partial charge in [-0.3, -0.25) is 0 Å². The summed E-state index contributed by atoms with van der Waals surface area (Å²) < 4.78 is 10.6. The molecule has 3 nitrogen and oxygen atoms in total. The second kappa shape index (κ2) is 7.39. The summed E-state index contributed by atoms with van der Waals surface area (Å²) in [6.07, 6.45) is 2.20. The van der Waals surface area contributed by atoms with Crippen LogP contribution in [0.1, 0.15) is 32.8 Å². The molecule has 1 N–H and O–H groups in total. The first-order chi connectivity index (χ1) is 9.02. The number of ether oxygens (including phenoxy) is 2. The number of methoxy groups -OCH3 is 2. The minimum atomic E-state index is 0.309. The molecule has 108 valence electrons. The molecule has 0 aliphatic heterocycles. The topological polar surface area (TPSA) is 30.5 Å². The fourth-order valence-corrected chi connectivity index (χ4v) is 2.07. The van der Waals surface area contributed by atoms with Crippen LogP contribution in [-0.2, 0) is 6.42 Å². The second-order valence-corrected chi connectivity index (χ2v) is 5.63. The highest BCUT2D eigenvalue weighted by atomic mass is 16.5. The highest BCUT2D eigenvalue weighted by molar-refractivity contribution is 5.42. The van der Waals surface area contributed by atoms with E-state index in [0.29, 0.717) is 5.41 Å². The molecule has 1 aromatic rings. The van der Waals surface area contributed by atoms with Crippen LogP contribution in [0.5, 0.6) is 11.5 Å². The smallest absolute Gasteiger partial charge is 0.160 e. The average molecular weight is 265 g/mol. The third-order valence-corrected chi connectivity index (χ3v) is 3.39. The van der Waals surface area contributed by atoms with E-state index in [-0.39, 0.29) is 0 Å². The molecule has 0 saturated heterocycles. The standard InChI is InChI=1S/C16H27NO2/c1-6-17-12-16(2,3)10-9-13-7-8-14(18-4)15(11-13)19-5/h7-8,11,17H,6,9-10,12H2,1-5H3. The monoisotopic (exact) mass is 265 g/mol. The molecule has 0 amide bonds. The molecule has 0 bridgehead atoms. The third-order valence-electron chi connectivity index (χ3n) is 3.39. The zero-order chi connectivity index (χ0) is 14.3. The van der Waals surface area contributed by atoms with Gasteiger partial charge in [0.2, 0.25) is 0 Å². The number of nitrogens with one attached hydrogen (secondary N) is 1. The van der Waals surface area contributed by atoms with Crippen LogP contribution in [0.15, 0.2) is 18.2 Å². The third kappa shape index (κ3) is 5.11. The van der Waals surface area contributed by atoms with E-state index in [9.17, 15) is 0 Å². The Hall–Kier alpha value is -1.22. The van der Waals surface area contributed by atoms with Gasteiger partial charge >= 0.3 is 0 Å². The van der Waals surface area contributed by atoms with Gasteiger partial charge in [0, 0.05) is 6.54 Å². The van der Waals surface area contributed by atoms with Gasteiger partial charge in [0.05, 0.1) is 14.2 Å². The SMILES string of the molecule is CCNCC(C)(C)CCc1ccc(OC)c(OC)c1. The molecule has 0 saturated carbocycles. The predicted octanol–water partition coefficient (Wildman–Crippen LogP) is 3.27. The van der Waals surface area contributed by atoms with Gasteiger partial charge in [0.1, 0.15) is 0 Å². The molecule has 0 spiro atoms. The van der Waals surface area contributed by atoms with Crippen LogP contribution in [0, 0.1) is 5.41 Å². The van der Waals surface area contributed by atoms with Crippen LogP contribution in [0.4, 0.5) is 0 Å². The maximum Gasteiger partial charge on any atom is 0.160 e.